The van der Waals surface area contributed by atoms with Crippen LogP contribution in [-0.4, -0.2) is 0 Å². The number of rotatable bonds is 8. The Bertz CT molecular complexity index is 3830. The highest BCUT2D eigenvalue weighted by Crippen LogP contribution is 2.66. The summed E-state index contributed by atoms with van der Waals surface area (Å²) in [7, 11) is 0. The lowest BCUT2D eigenvalue weighted by Crippen LogP contribution is -2.28. The van der Waals surface area contributed by atoms with Crippen LogP contribution in [0.15, 0.2) is 259 Å². The molecule has 6 aliphatic carbocycles. The zero-order valence-corrected chi connectivity index (χ0v) is 42.4. The van der Waals surface area contributed by atoms with Crippen molar-refractivity contribution in [3.05, 3.63) is 320 Å². The molecule has 14 rings (SSSR count). The molecule has 0 bridgehead atoms. The van der Waals surface area contributed by atoms with E-state index in [1.165, 1.54) is 117 Å². The zero-order chi connectivity index (χ0) is 49.7. The van der Waals surface area contributed by atoms with E-state index < -0.39 is 10.8 Å². The molecule has 0 aliphatic heterocycles. The van der Waals surface area contributed by atoms with Crippen LogP contribution in [0.3, 0.4) is 0 Å². The molecule has 0 amide bonds. The van der Waals surface area contributed by atoms with E-state index in [4.69, 9.17) is 0 Å². The van der Waals surface area contributed by atoms with Crippen molar-refractivity contribution in [2.45, 2.75) is 57.3 Å². The van der Waals surface area contributed by atoms with E-state index in [9.17, 15) is 0 Å². The van der Waals surface area contributed by atoms with Crippen molar-refractivity contribution in [1.29, 1.82) is 0 Å². The van der Waals surface area contributed by atoms with Gasteiger partial charge in [-0.05, 0) is 200 Å². The molecule has 0 radical (unpaired) electrons. The van der Waals surface area contributed by atoms with E-state index >= 15 is 0 Å². The fourth-order valence-electron chi connectivity index (χ4n) is 14.0. The van der Waals surface area contributed by atoms with Crippen LogP contribution in [-0.2, 0) is 10.8 Å². The molecule has 1 unspecified atom stereocenters. The summed E-state index contributed by atoms with van der Waals surface area (Å²) < 4.78 is 0. The first kappa shape index (κ1) is 44.2. The molecule has 0 saturated carbocycles. The van der Waals surface area contributed by atoms with Crippen LogP contribution in [0.25, 0.3) is 39.5 Å². The highest BCUT2D eigenvalue weighted by atomic mass is 15.1. The second-order valence-corrected chi connectivity index (χ2v) is 21.3. The van der Waals surface area contributed by atoms with Crippen LogP contribution in [0, 0.1) is 6.92 Å². The predicted molar refractivity (Wildman–Crippen MR) is 312 cm³/mol. The lowest BCUT2D eigenvalue weighted by atomic mass is 9.68. The molecule has 354 valence electrons. The lowest BCUT2D eigenvalue weighted by Gasteiger charge is -2.34. The number of allylic oxidation sites excluding steroid dienone is 14. The molecule has 1 atom stereocenters. The average Bonchev–Trinajstić information content (AvgIpc) is 4.11. The van der Waals surface area contributed by atoms with Crippen molar-refractivity contribution in [3.8, 4) is 11.1 Å². The number of hydrogen-bond donors (Lipinski definition) is 0. The highest BCUT2D eigenvalue weighted by molar-refractivity contribution is 6.00. The van der Waals surface area contributed by atoms with Crippen LogP contribution < -0.4 is 4.90 Å². The van der Waals surface area contributed by atoms with E-state index in [2.05, 4.69) is 263 Å². The Hall–Kier alpha value is -8.52. The Morgan fingerprint density at radius 1 is 0.459 bits per heavy atom. The van der Waals surface area contributed by atoms with E-state index in [1.54, 1.807) is 0 Å². The molecule has 0 fully saturated rings. The van der Waals surface area contributed by atoms with Gasteiger partial charge in [0.2, 0.25) is 0 Å². The Kier molecular flexibility index (Phi) is 10.2. The first-order valence-corrected chi connectivity index (χ1v) is 26.5. The number of benzene rings is 8. The first-order chi connectivity index (χ1) is 36.3. The second-order valence-electron chi connectivity index (χ2n) is 21.3. The molecule has 0 saturated heterocycles. The van der Waals surface area contributed by atoms with E-state index in [1.807, 2.05) is 0 Å². The van der Waals surface area contributed by atoms with Gasteiger partial charge in [-0.15, -0.1) is 0 Å². The molecule has 74 heavy (non-hydrogen) atoms. The van der Waals surface area contributed by atoms with Gasteiger partial charge in [-0.2, -0.15) is 0 Å². The maximum Gasteiger partial charge on any atom is 0.0722 e. The summed E-state index contributed by atoms with van der Waals surface area (Å²) >= 11 is 0. The van der Waals surface area contributed by atoms with Gasteiger partial charge in [0.05, 0.1) is 10.8 Å². The summed E-state index contributed by atoms with van der Waals surface area (Å²) in [5, 5.41) is 0. The molecular formula is C73H57N. The Morgan fingerprint density at radius 2 is 1.01 bits per heavy atom. The first-order valence-electron chi connectivity index (χ1n) is 26.5. The highest BCUT2D eigenvalue weighted by Gasteiger charge is 2.54. The largest absolute Gasteiger partial charge is 0.310 e. The van der Waals surface area contributed by atoms with Crippen molar-refractivity contribution in [1.82, 2.24) is 0 Å². The summed E-state index contributed by atoms with van der Waals surface area (Å²) in [6, 6.07) is 73.0. The third kappa shape index (κ3) is 6.42. The number of fused-ring (bicyclic) bond motifs is 15. The number of anilines is 3. The van der Waals surface area contributed by atoms with Crippen LogP contribution in [0.4, 0.5) is 17.1 Å². The van der Waals surface area contributed by atoms with E-state index in [0.29, 0.717) is 0 Å². The van der Waals surface area contributed by atoms with Gasteiger partial charge >= 0.3 is 0 Å². The van der Waals surface area contributed by atoms with E-state index in [-0.39, 0.29) is 0 Å². The maximum absolute atomic E-state index is 4.28. The zero-order valence-electron chi connectivity index (χ0n) is 42.4. The van der Waals surface area contributed by atoms with Crippen molar-refractivity contribution >= 4 is 45.4 Å². The molecule has 0 N–H and O–H groups in total. The molecule has 2 spiro atoms. The summed E-state index contributed by atoms with van der Waals surface area (Å²) in [6.45, 7) is 10.9. The number of nitrogens with zero attached hydrogens (tertiary/aromatic N) is 1. The van der Waals surface area contributed by atoms with Gasteiger partial charge in [-0.3, -0.25) is 0 Å². The molecular weight excluding hydrogens is 891 g/mol. The summed E-state index contributed by atoms with van der Waals surface area (Å²) in [6.07, 6.45) is 18.5. The SMILES string of the molecule is C=C(C)C=CC1=C(C)C2(C3=C(CCC(C=Cc4ccc5c(c4)C4(C6=C5CCC(c5ccc(C)cc5)=C6)c5ccccc5-c5ccccc54)=C3)c3ccc(N(c4ccccc4)c4ccccc4)cc32)c2ccccc21. The molecule has 1 nitrogen and oxygen atoms in total. The molecule has 1 heteroatoms. The van der Waals surface area contributed by atoms with Gasteiger partial charge in [0, 0.05) is 17.1 Å². The van der Waals surface area contributed by atoms with Crippen LogP contribution in [0.1, 0.15) is 101 Å². The minimum Gasteiger partial charge on any atom is -0.310 e. The fraction of sp³-hybridized carbons (Fsp3) is 0.123. The van der Waals surface area contributed by atoms with Crippen molar-refractivity contribution < 1.29 is 0 Å². The smallest absolute Gasteiger partial charge is 0.0722 e. The van der Waals surface area contributed by atoms with Gasteiger partial charge in [-0.25, -0.2) is 0 Å². The minimum absolute atomic E-state index is 0.393. The maximum atomic E-state index is 4.28. The van der Waals surface area contributed by atoms with Gasteiger partial charge in [0.1, 0.15) is 0 Å². The lowest BCUT2D eigenvalue weighted by molar-refractivity contribution is 0.752. The second kappa shape index (κ2) is 17.0. The summed E-state index contributed by atoms with van der Waals surface area (Å²) in [5.41, 5.74) is 32.4. The third-order valence-corrected chi connectivity index (χ3v) is 17.2. The van der Waals surface area contributed by atoms with E-state index in [0.717, 1.165) is 48.3 Å². The van der Waals surface area contributed by atoms with Gasteiger partial charge < -0.3 is 4.90 Å². The third-order valence-electron chi connectivity index (χ3n) is 17.2. The summed E-state index contributed by atoms with van der Waals surface area (Å²) in [4.78, 5) is 2.41. The average molecular weight is 948 g/mol. The quantitative estimate of drug-likeness (QED) is 0.137. The van der Waals surface area contributed by atoms with Gasteiger partial charge in [0.15, 0.2) is 0 Å². The number of para-hydroxylation sites is 2. The Labute approximate surface area is 436 Å². The van der Waals surface area contributed by atoms with Crippen LogP contribution >= 0.6 is 0 Å². The predicted octanol–water partition coefficient (Wildman–Crippen LogP) is 18.8. The molecule has 6 aliphatic rings. The Morgan fingerprint density at radius 3 is 1.66 bits per heavy atom. The Balaban J connectivity index is 0.910. The fourth-order valence-corrected chi connectivity index (χ4v) is 14.0. The normalized spacial score (nSPS) is 18.4. The molecule has 8 aromatic rings. The van der Waals surface area contributed by atoms with Gasteiger partial charge in [0.25, 0.3) is 0 Å². The van der Waals surface area contributed by atoms with Crippen LogP contribution in [0.5, 0.6) is 0 Å². The molecule has 0 aromatic heterocycles. The number of hydrogen-bond acceptors (Lipinski definition) is 1. The number of aryl methyl sites for hydroxylation is 1. The summed E-state index contributed by atoms with van der Waals surface area (Å²) in [5.74, 6) is 0. The molecule has 0 heterocycles. The van der Waals surface area contributed by atoms with Crippen molar-refractivity contribution in [2.24, 2.45) is 0 Å². The monoisotopic (exact) mass is 947 g/mol. The molecule has 8 aromatic carbocycles. The van der Waals surface area contributed by atoms with Crippen molar-refractivity contribution in [3.63, 3.8) is 0 Å². The minimum atomic E-state index is -0.469. The van der Waals surface area contributed by atoms with Crippen LogP contribution in [0.2, 0.25) is 0 Å². The van der Waals surface area contributed by atoms with Crippen molar-refractivity contribution in [2.75, 3.05) is 4.90 Å². The standard InChI is InChI=1S/C73H57N/c1-47(2)27-38-57-49(4)72(65-24-14-11-21-58(57)65)68-43-50(32-39-61(68)64-42-37-56(46-71(64)72)74(54-17-7-5-8-18-54)55-19-9-6-10-20-55)30-31-51-33-40-62-63-41-36-53(52-34-28-48(3)29-35-52)45-70(63)73(69(62)44-51)66-25-15-12-22-59(66)60-23-13-16-26-67(60)73/h5-31,33-35,37-38,40,42-46H,1,32,36,39,41H2,2-4H3. The topological polar surface area (TPSA) is 3.24 Å². The van der Waals surface area contributed by atoms with Gasteiger partial charge in [-0.1, -0.05) is 206 Å².